The first kappa shape index (κ1) is 10.1. The van der Waals surface area contributed by atoms with E-state index in [-0.39, 0.29) is 0 Å². The van der Waals surface area contributed by atoms with E-state index >= 15 is 0 Å². The van der Waals surface area contributed by atoms with Crippen LogP contribution in [0.25, 0.3) is 0 Å². The van der Waals surface area contributed by atoms with Gasteiger partial charge in [0, 0.05) is 0 Å². The van der Waals surface area contributed by atoms with Gasteiger partial charge in [-0.05, 0) is 36.5 Å². The van der Waals surface area contributed by atoms with E-state index in [1.807, 2.05) is 12.1 Å². The van der Waals surface area contributed by atoms with Gasteiger partial charge in [-0.1, -0.05) is 32.4 Å². The number of hydrogen-bond donors (Lipinski definition) is 1. The zero-order chi connectivity index (χ0) is 9.68. The van der Waals surface area contributed by atoms with Crippen LogP contribution in [0.1, 0.15) is 38.2 Å². The van der Waals surface area contributed by atoms with Gasteiger partial charge < -0.3 is 5.11 Å². The first-order valence-electron chi connectivity index (χ1n) is 4.90. The Labute approximate surface area is 80.4 Å². The van der Waals surface area contributed by atoms with E-state index in [0.717, 1.165) is 12.8 Å². The van der Waals surface area contributed by atoms with Gasteiger partial charge in [0.15, 0.2) is 0 Å². The quantitative estimate of drug-likeness (QED) is 0.746. The van der Waals surface area contributed by atoms with Gasteiger partial charge in [-0.3, -0.25) is 0 Å². The van der Waals surface area contributed by atoms with E-state index in [2.05, 4.69) is 20.3 Å². The molecule has 0 amide bonds. The summed E-state index contributed by atoms with van der Waals surface area (Å²) in [6.45, 7) is 4.34. The van der Waals surface area contributed by atoms with Crippen LogP contribution in [0.15, 0.2) is 24.3 Å². The number of benzene rings is 1. The van der Waals surface area contributed by atoms with Crippen LogP contribution < -0.4 is 0 Å². The van der Waals surface area contributed by atoms with Gasteiger partial charge >= 0.3 is 0 Å². The van der Waals surface area contributed by atoms with Crippen molar-refractivity contribution in [1.29, 1.82) is 0 Å². The molecular formula is C12H17O. The molecule has 0 bridgehead atoms. The zero-order valence-electron chi connectivity index (χ0n) is 8.33. The molecule has 0 aliphatic carbocycles. The number of hydrogen-bond acceptors (Lipinski definition) is 1. The second-order valence-corrected chi connectivity index (χ2v) is 3.25. The first-order valence-corrected chi connectivity index (χ1v) is 4.90. The lowest BCUT2D eigenvalue weighted by Crippen LogP contribution is -1.96. The van der Waals surface area contributed by atoms with E-state index in [1.54, 1.807) is 12.1 Å². The molecule has 1 nitrogen and oxygen atoms in total. The summed E-state index contributed by atoms with van der Waals surface area (Å²) >= 11 is 0. The molecule has 1 N–H and O–H groups in total. The summed E-state index contributed by atoms with van der Waals surface area (Å²) in [6.07, 6.45) is 4.53. The predicted molar refractivity (Wildman–Crippen MR) is 55.7 cm³/mol. The maximum absolute atomic E-state index is 9.13. The van der Waals surface area contributed by atoms with Crippen LogP contribution in [0.3, 0.4) is 0 Å². The van der Waals surface area contributed by atoms with Crippen LogP contribution in [0.5, 0.6) is 5.75 Å². The van der Waals surface area contributed by atoms with Crippen molar-refractivity contribution in [3.8, 4) is 5.75 Å². The Morgan fingerprint density at radius 2 is 1.85 bits per heavy atom. The lowest BCUT2D eigenvalue weighted by molar-refractivity contribution is 0.475. The normalized spacial score (nSPS) is 12.8. The van der Waals surface area contributed by atoms with E-state index in [0.29, 0.717) is 11.7 Å². The van der Waals surface area contributed by atoms with Crippen molar-refractivity contribution < 1.29 is 5.11 Å². The summed E-state index contributed by atoms with van der Waals surface area (Å²) in [4.78, 5) is 0. The van der Waals surface area contributed by atoms with E-state index in [9.17, 15) is 0 Å². The number of phenols is 1. The topological polar surface area (TPSA) is 20.2 Å². The number of aromatic hydroxyl groups is 1. The van der Waals surface area contributed by atoms with Gasteiger partial charge in [0.1, 0.15) is 5.75 Å². The average molecular weight is 177 g/mol. The molecule has 1 unspecified atom stereocenters. The third-order valence-electron chi connectivity index (χ3n) is 2.28. The molecule has 1 heteroatoms. The van der Waals surface area contributed by atoms with Crippen molar-refractivity contribution in [2.24, 2.45) is 0 Å². The first-order chi connectivity index (χ1) is 6.27. The highest BCUT2D eigenvalue weighted by molar-refractivity contribution is 5.29. The Morgan fingerprint density at radius 1 is 1.23 bits per heavy atom. The molecule has 0 spiro atoms. The van der Waals surface area contributed by atoms with Crippen LogP contribution in [-0.2, 0) is 0 Å². The Bertz CT molecular complexity index is 238. The molecule has 1 atom stereocenters. The molecule has 0 fully saturated rings. The SMILES string of the molecule is CC[CH]C(CC)c1ccc(O)cc1. The van der Waals surface area contributed by atoms with Crippen molar-refractivity contribution in [1.82, 2.24) is 0 Å². The van der Waals surface area contributed by atoms with Crippen molar-refractivity contribution in [2.75, 3.05) is 0 Å². The standard InChI is InChI=1S/C12H17O/c1-3-5-10(4-2)11-6-8-12(13)9-7-11/h5-10,13H,3-4H2,1-2H3. The minimum Gasteiger partial charge on any atom is -0.508 e. The van der Waals surface area contributed by atoms with Crippen molar-refractivity contribution in [3.63, 3.8) is 0 Å². The van der Waals surface area contributed by atoms with Crippen LogP contribution >= 0.6 is 0 Å². The maximum atomic E-state index is 9.13. The number of phenolic OH excluding ortho intramolecular Hbond substituents is 1. The Balaban J connectivity index is 2.73. The summed E-state index contributed by atoms with van der Waals surface area (Å²) in [5.74, 6) is 0.876. The van der Waals surface area contributed by atoms with Crippen LogP contribution in [0.4, 0.5) is 0 Å². The lowest BCUT2D eigenvalue weighted by Gasteiger charge is -2.13. The monoisotopic (exact) mass is 177 g/mol. The lowest BCUT2D eigenvalue weighted by atomic mass is 9.92. The summed E-state index contributed by atoms with van der Waals surface area (Å²) in [5, 5.41) is 9.13. The average Bonchev–Trinajstić information content (AvgIpc) is 2.16. The molecular weight excluding hydrogens is 160 g/mol. The summed E-state index contributed by atoms with van der Waals surface area (Å²) in [6, 6.07) is 7.49. The summed E-state index contributed by atoms with van der Waals surface area (Å²) in [5.41, 5.74) is 1.29. The van der Waals surface area contributed by atoms with Crippen LogP contribution in [-0.4, -0.2) is 5.11 Å². The van der Waals surface area contributed by atoms with E-state index in [1.165, 1.54) is 5.56 Å². The fourth-order valence-corrected chi connectivity index (χ4v) is 1.54. The third-order valence-corrected chi connectivity index (χ3v) is 2.28. The van der Waals surface area contributed by atoms with Crippen molar-refractivity contribution in [3.05, 3.63) is 36.2 Å². The molecule has 0 saturated carbocycles. The van der Waals surface area contributed by atoms with E-state index in [4.69, 9.17) is 5.11 Å². The highest BCUT2D eigenvalue weighted by Gasteiger charge is 2.07. The molecule has 13 heavy (non-hydrogen) atoms. The molecule has 1 aromatic carbocycles. The van der Waals surface area contributed by atoms with Gasteiger partial charge in [-0.2, -0.15) is 0 Å². The molecule has 71 valence electrons. The fraction of sp³-hybridized carbons (Fsp3) is 0.417. The highest BCUT2D eigenvalue weighted by atomic mass is 16.3. The Kier molecular flexibility index (Phi) is 3.81. The van der Waals surface area contributed by atoms with Gasteiger partial charge in [0.25, 0.3) is 0 Å². The highest BCUT2D eigenvalue weighted by Crippen LogP contribution is 2.24. The second-order valence-electron chi connectivity index (χ2n) is 3.25. The molecule has 0 aliphatic heterocycles. The van der Waals surface area contributed by atoms with Gasteiger partial charge in [0.2, 0.25) is 0 Å². The van der Waals surface area contributed by atoms with Gasteiger partial charge in [-0.25, -0.2) is 0 Å². The summed E-state index contributed by atoms with van der Waals surface area (Å²) < 4.78 is 0. The molecule has 1 rings (SSSR count). The Morgan fingerprint density at radius 3 is 2.31 bits per heavy atom. The third kappa shape index (κ3) is 2.76. The summed E-state index contributed by atoms with van der Waals surface area (Å²) in [7, 11) is 0. The Hall–Kier alpha value is -0.980. The van der Waals surface area contributed by atoms with Gasteiger partial charge in [-0.15, -0.1) is 0 Å². The second kappa shape index (κ2) is 4.90. The molecule has 1 aromatic rings. The molecule has 0 aromatic heterocycles. The van der Waals surface area contributed by atoms with Crippen molar-refractivity contribution in [2.45, 2.75) is 32.6 Å². The molecule has 0 aliphatic rings. The molecule has 0 saturated heterocycles. The minimum absolute atomic E-state index is 0.343. The van der Waals surface area contributed by atoms with Crippen LogP contribution in [0.2, 0.25) is 0 Å². The van der Waals surface area contributed by atoms with Gasteiger partial charge in [0.05, 0.1) is 0 Å². The maximum Gasteiger partial charge on any atom is 0.115 e. The number of rotatable bonds is 4. The van der Waals surface area contributed by atoms with Crippen molar-refractivity contribution >= 4 is 0 Å². The molecule has 1 radical (unpaired) electrons. The fourth-order valence-electron chi connectivity index (χ4n) is 1.54. The minimum atomic E-state index is 0.343. The molecule has 0 heterocycles. The van der Waals surface area contributed by atoms with E-state index < -0.39 is 0 Å². The largest absolute Gasteiger partial charge is 0.508 e. The zero-order valence-corrected chi connectivity index (χ0v) is 8.33. The van der Waals surface area contributed by atoms with Crippen LogP contribution in [0, 0.1) is 6.42 Å². The predicted octanol–water partition coefficient (Wildman–Crippen LogP) is 3.50. The smallest absolute Gasteiger partial charge is 0.115 e.